The van der Waals surface area contributed by atoms with Crippen LogP contribution in [0.1, 0.15) is 5.56 Å². The summed E-state index contributed by atoms with van der Waals surface area (Å²) in [6.07, 6.45) is 0. The molecule has 2 N–H and O–H groups in total. The van der Waals surface area contributed by atoms with E-state index in [9.17, 15) is 0 Å². The van der Waals surface area contributed by atoms with Crippen LogP contribution in [0.4, 0.5) is 5.69 Å². The fraction of sp³-hybridized carbons (Fsp3) is 0.0769. The summed E-state index contributed by atoms with van der Waals surface area (Å²) < 4.78 is 1.09. The summed E-state index contributed by atoms with van der Waals surface area (Å²) in [5.74, 6) is 0.902. The Kier molecular flexibility index (Phi) is 4.37. The second kappa shape index (κ2) is 5.80. The van der Waals surface area contributed by atoms with Crippen LogP contribution in [-0.2, 0) is 5.75 Å². The monoisotopic (exact) mass is 327 g/mol. The summed E-state index contributed by atoms with van der Waals surface area (Å²) in [6, 6.07) is 13.9. The lowest BCUT2D eigenvalue weighted by Gasteiger charge is -2.06. The zero-order valence-corrected chi connectivity index (χ0v) is 12.1. The lowest BCUT2D eigenvalue weighted by Crippen LogP contribution is -1.88. The molecule has 0 aliphatic heterocycles. The van der Waals surface area contributed by atoms with Crippen molar-refractivity contribution in [2.45, 2.75) is 10.6 Å². The van der Waals surface area contributed by atoms with E-state index in [1.807, 2.05) is 24.3 Å². The van der Waals surface area contributed by atoms with Crippen LogP contribution in [0.25, 0.3) is 0 Å². The van der Waals surface area contributed by atoms with Crippen LogP contribution in [0.5, 0.6) is 0 Å². The van der Waals surface area contributed by atoms with Gasteiger partial charge in [0.1, 0.15) is 0 Å². The van der Waals surface area contributed by atoms with Crippen molar-refractivity contribution in [1.29, 1.82) is 0 Å². The first kappa shape index (κ1) is 12.8. The predicted molar refractivity (Wildman–Crippen MR) is 79.6 cm³/mol. The topological polar surface area (TPSA) is 26.0 Å². The fourth-order valence-corrected chi connectivity index (χ4v) is 2.74. The van der Waals surface area contributed by atoms with E-state index >= 15 is 0 Å². The van der Waals surface area contributed by atoms with E-state index in [1.165, 1.54) is 5.56 Å². The number of hydrogen-bond donors (Lipinski definition) is 1. The van der Waals surface area contributed by atoms with E-state index in [1.54, 1.807) is 17.8 Å². The second-order valence-corrected chi connectivity index (χ2v) is 5.97. The van der Waals surface area contributed by atoms with Gasteiger partial charge in [0.05, 0.1) is 0 Å². The molecule has 0 bridgehead atoms. The third kappa shape index (κ3) is 3.66. The molecule has 17 heavy (non-hydrogen) atoms. The van der Waals surface area contributed by atoms with Gasteiger partial charge < -0.3 is 5.73 Å². The first-order valence-corrected chi connectivity index (χ1v) is 7.23. The molecule has 0 unspecified atom stereocenters. The highest BCUT2D eigenvalue weighted by Crippen LogP contribution is 2.30. The van der Waals surface area contributed by atoms with Gasteiger partial charge in [0.2, 0.25) is 0 Å². The minimum Gasteiger partial charge on any atom is -0.398 e. The minimum absolute atomic E-state index is 0.676. The second-order valence-electron chi connectivity index (χ2n) is 3.60. The summed E-state index contributed by atoms with van der Waals surface area (Å²) in [5, 5.41) is 0.676. The number of nitrogens with two attached hydrogens (primary N) is 1. The molecule has 1 nitrogen and oxygen atoms in total. The molecular weight excluding hydrogens is 318 g/mol. The van der Waals surface area contributed by atoms with Gasteiger partial charge in [0.25, 0.3) is 0 Å². The van der Waals surface area contributed by atoms with Crippen molar-refractivity contribution in [2.75, 3.05) is 5.73 Å². The fourth-order valence-electron chi connectivity index (χ4n) is 1.39. The Bertz CT molecular complexity index is 513. The van der Waals surface area contributed by atoms with E-state index in [0.717, 1.165) is 20.8 Å². The molecular formula is C13H11BrClNS. The smallest absolute Gasteiger partial charge is 0.0467 e. The number of thioether (sulfide) groups is 1. The van der Waals surface area contributed by atoms with E-state index in [2.05, 4.69) is 28.1 Å². The molecule has 4 heteroatoms. The van der Waals surface area contributed by atoms with Crippen molar-refractivity contribution in [1.82, 2.24) is 0 Å². The van der Waals surface area contributed by atoms with Crippen molar-refractivity contribution in [2.24, 2.45) is 0 Å². The SMILES string of the molecule is Nc1cc(Cl)ccc1SCc1ccc(Br)cc1. The number of anilines is 1. The molecule has 0 fully saturated rings. The van der Waals surface area contributed by atoms with Gasteiger partial charge >= 0.3 is 0 Å². The van der Waals surface area contributed by atoms with Gasteiger partial charge in [-0.2, -0.15) is 0 Å². The molecule has 0 saturated carbocycles. The third-order valence-electron chi connectivity index (χ3n) is 2.28. The van der Waals surface area contributed by atoms with Crippen molar-refractivity contribution in [3.63, 3.8) is 0 Å². The molecule has 0 heterocycles. The Morgan fingerprint density at radius 2 is 1.82 bits per heavy atom. The van der Waals surface area contributed by atoms with Crippen molar-refractivity contribution in [3.05, 3.63) is 57.5 Å². The van der Waals surface area contributed by atoms with Gasteiger partial charge in [-0.1, -0.05) is 39.7 Å². The Labute approximate surface area is 118 Å². The minimum atomic E-state index is 0.676. The van der Waals surface area contributed by atoms with Crippen LogP contribution in [-0.4, -0.2) is 0 Å². The molecule has 0 aliphatic carbocycles. The van der Waals surface area contributed by atoms with Gasteiger partial charge in [-0.25, -0.2) is 0 Å². The number of nitrogen functional groups attached to an aromatic ring is 1. The number of rotatable bonds is 3. The quantitative estimate of drug-likeness (QED) is 0.635. The first-order chi connectivity index (χ1) is 8.15. The van der Waals surface area contributed by atoms with Crippen molar-refractivity contribution in [3.8, 4) is 0 Å². The maximum absolute atomic E-state index is 5.90. The normalized spacial score (nSPS) is 10.5. The first-order valence-electron chi connectivity index (χ1n) is 5.07. The number of benzene rings is 2. The van der Waals surface area contributed by atoms with Crippen LogP contribution < -0.4 is 5.73 Å². The van der Waals surface area contributed by atoms with Gasteiger partial charge in [-0.15, -0.1) is 11.8 Å². The van der Waals surface area contributed by atoms with Crippen LogP contribution in [0.3, 0.4) is 0 Å². The van der Waals surface area contributed by atoms with E-state index in [4.69, 9.17) is 17.3 Å². The van der Waals surface area contributed by atoms with Crippen molar-refractivity contribution < 1.29 is 0 Å². The predicted octanol–water partition coefficient (Wildman–Crippen LogP) is 4.98. The zero-order valence-electron chi connectivity index (χ0n) is 8.99. The van der Waals surface area contributed by atoms with Crippen LogP contribution in [0.2, 0.25) is 5.02 Å². The van der Waals surface area contributed by atoms with Crippen LogP contribution in [0, 0.1) is 0 Å². The average molecular weight is 329 g/mol. The number of hydrogen-bond acceptors (Lipinski definition) is 2. The molecule has 0 amide bonds. The molecule has 0 aliphatic rings. The molecule has 0 radical (unpaired) electrons. The lowest BCUT2D eigenvalue weighted by atomic mass is 10.2. The number of halogens is 2. The Hall–Kier alpha value is -0.640. The lowest BCUT2D eigenvalue weighted by molar-refractivity contribution is 1.38. The largest absolute Gasteiger partial charge is 0.398 e. The molecule has 0 saturated heterocycles. The molecule has 2 aromatic rings. The highest BCUT2D eigenvalue weighted by Gasteiger charge is 2.01. The molecule has 2 rings (SSSR count). The molecule has 88 valence electrons. The highest BCUT2D eigenvalue weighted by atomic mass is 79.9. The van der Waals surface area contributed by atoms with Crippen LogP contribution >= 0.6 is 39.3 Å². The Balaban J connectivity index is 2.04. The summed E-state index contributed by atoms with van der Waals surface area (Å²) in [7, 11) is 0. The molecule has 0 aromatic heterocycles. The Morgan fingerprint density at radius 1 is 1.12 bits per heavy atom. The zero-order chi connectivity index (χ0) is 12.3. The maximum Gasteiger partial charge on any atom is 0.0467 e. The van der Waals surface area contributed by atoms with E-state index in [0.29, 0.717) is 5.02 Å². The summed E-state index contributed by atoms with van der Waals surface area (Å²) in [6.45, 7) is 0. The molecule has 0 atom stereocenters. The standard InChI is InChI=1S/C13H11BrClNS/c14-10-3-1-9(2-4-10)8-17-13-6-5-11(15)7-12(13)16/h1-7H,8,16H2. The molecule has 0 spiro atoms. The summed E-state index contributed by atoms with van der Waals surface area (Å²) >= 11 is 11.0. The average Bonchev–Trinajstić information content (AvgIpc) is 2.30. The van der Waals surface area contributed by atoms with E-state index < -0.39 is 0 Å². The third-order valence-corrected chi connectivity index (χ3v) is 4.20. The van der Waals surface area contributed by atoms with Gasteiger partial charge in [-0.3, -0.25) is 0 Å². The van der Waals surface area contributed by atoms with Gasteiger partial charge in [0, 0.05) is 25.8 Å². The highest BCUT2D eigenvalue weighted by molar-refractivity contribution is 9.10. The van der Waals surface area contributed by atoms with Gasteiger partial charge in [-0.05, 0) is 35.9 Å². The Morgan fingerprint density at radius 3 is 2.47 bits per heavy atom. The maximum atomic E-state index is 5.90. The van der Waals surface area contributed by atoms with E-state index in [-0.39, 0.29) is 0 Å². The summed E-state index contributed by atoms with van der Waals surface area (Å²) in [4.78, 5) is 1.07. The summed E-state index contributed by atoms with van der Waals surface area (Å²) in [5.41, 5.74) is 7.90. The van der Waals surface area contributed by atoms with Crippen molar-refractivity contribution >= 4 is 45.0 Å². The van der Waals surface area contributed by atoms with Crippen LogP contribution in [0.15, 0.2) is 51.8 Å². The van der Waals surface area contributed by atoms with Gasteiger partial charge in [0.15, 0.2) is 0 Å². The molecule has 2 aromatic carbocycles.